The molecule has 2 heterocycles. The number of thioether (sulfide) groups is 1. The van der Waals surface area contributed by atoms with E-state index in [-0.39, 0.29) is 11.8 Å². The first-order chi connectivity index (χ1) is 12.7. The molecule has 1 aliphatic heterocycles. The smallest absolute Gasteiger partial charge is 0.254 e. The normalized spacial score (nSPS) is 15.0. The zero-order valence-electron chi connectivity index (χ0n) is 14.8. The zero-order chi connectivity index (χ0) is 18.4. The standard InChI is InChI=1S/C19H23N3O2S2/c1-25-17-5-3-2-4-16(17)18(23)20-7-8-21-9-11-22(12-10-21)19(24)15-6-13-26-14-15/h2-6,13-14H,7-12H2,1H3,(H,20,23). The first kappa shape index (κ1) is 18.9. The first-order valence-corrected chi connectivity index (χ1v) is 10.8. The van der Waals surface area contributed by atoms with Crippen LogP contribution in [0.4, 0.5) is 0 Å². The van der Waals surface area contributed by atoms with Gasteiger partial charge in [0.15, 0.2) is 0 Å². The average molecular weight is 390 g/mol. The maximum atomic E-state index is 12.3. The van der Waals surface area contributed by atoms with Crippen LogP contribution in [-0.2, 0) is 0 Å². The van der Waals surface area contributed by atoms with Gasteiger partial charge in [0.25, 0.3) is 11.8 Å². The predicted molar refractivity (Wildman–Crippen MR) is 107 cm³/mol. The van der Waals surface area contributed by atoms with Gasteiger partial charge >= 0.3 is 0 Å². The van der Waals surface area contributed by atoms with Crippen LogP contribution in [-0.4, -0.2) is 67.1 Å². The second-order valence-corrected chi connectivity index (χ2v) is 7.73. The summed E-state index contributed by atoms with van der Waals surface area (Å²) in [4.78, 5) is 29.9. The molecule has 2 amide bonds. The maximum absolute atomic E-state index is 12.3. The minimum atomic E-state index is -0.0266. The Kier molecular flexibility index (Phi) is 6.71. The van der Waals surface area contributed by atoms with Crippen molar-refractivity contribution >= 4 is 34.9 Å². The van der Waals surface area contributed by atoms with E-state index in [4.69, 9.17) is 0 Å². The van der Waals surface area contributed by atoms with E-state index in [1.165, 1.54) is 0 Å². The van der Waals surface area contributed by atoms with Crippen molar-refractivity contribution in [1.29, 1.82) is 0 Å². The van der Waals surface area contributed by atoms with Crippen LogP contribution in [0.15, 0.2) is 46.0 Å². The molecule has 2 aromatic rings. The lowest BCUT2D eigenvalue weighted by molar-refractivity contribution is 0.0638. The molecule has 7 heteroatoms. The summed E-state index contributed by atoms with van der Waals surface area (Å²) in [6.45, 7) is 4.56. The van der Waals surface area contributed by atoms with E-state index in [0.29, 0.717) is 6.54 Å². The maximum Gasteiger partial charge on any atom is 0.254 e. The van der Waals surface area contributed by atoms with Gasteiger partial charge in [-0.15, -0.1) is 11.8 Å². The molecule has 0 spiro atoms. The number of hydrogen-bond acceptors (Lipinski definition) is 5. The summed E-state index contributed by atoms with van der Waals surface area (Å²) in [5, 5.41) is 6.84. The van der Waals surface area contributed by atoms with Crippen molar-refractivity contribution in [3.05, 3.63) is 52.2 Å². The Morgan fingerprint density at radius 3 is 2.62 bits per heavy atom. The number of amides is 2. The van der Waals surface area contributed by atoms with E-state index in [1.807, 2.05) is 52.2 Å². The molecule has 1 saturated heterocycles. The van der Waals surface area contributed by atoms with Crippen LogP contribution in [0, 0.1) is 0 Å². The van der Waals surface area contributed by atoms with Crippen LogP contribution in [0.25, 0.3) is 0 Å². The van der Waals surface area contributed by atoms with Gasteiger partial charge in [-0.2, -0.15) is 11.3 Å². The highest BCUT2D eigenvalue weighted by Crippen LogP contribution is 2.19. The van der Waals surface area contributed by atoms with Crippen molar-refractivity contribution in [2.45, 2.75) is 4.90 Å². The number of hydrogen-bond donors (Lipinski definition) is 1. The summed E-state index contributed by atoms with van der Waals surface area (Å²) < 4.78 is 0. The topological polar surface area (TPSA) is 52.7 Å². The lowest BCUT2D eigenvalue weighted by atomic mass is 10.2. The molecular formula is C19H23N3O2S2. The summed E-state index contributed by atoms with van der Waals surface area (Å²) >= 11 is 3.13. The molecule has 1 N–H and O–H groups in total. The molecule has 5 nitrogen and oxygen atoms in total. The number of carbonyl (C=O) groups is 2. The van der Waals surface area contributed by atoms with Crippen molar-refractivity contribution in [2.24, 2.45) is 0 Å². The Morgan fingerprint density at radius 2 is 1.92 bits per heavy atom. The third-order valence-corrected chi connectivity index (χ3v) is 5.97. The van der Waals surface area contributed by atoms with Gasteiger partial charge in [0, 0.05) is 49.5 Å². The van der Waals surface area contributed by atoms with E-state index < -0.39 is 0 Å². The minimum Gasteiger partial charge on any atom is -0.351 e. The van der Waals surface area contributed by atoms with Crippen LogP contribution >= 0.6 is 23.1 Å². The van der Waals surface area contributed by atoms with Gasteiger partial charge in [0.05, 0.1) is 11.1 Å². The van der Waals surface area contributed by atoms with E-state index >= 15 is 0 Å². The molecule has 0 atom stereocenters. The fourth-order valence-electron chi connectivity index (χ4n) is 3.00. The lowest BCUT2D eigenvalue weighted by Crippen LogP contribution is -2.50. The van der Waals surface area contributed by atoms with Gasteiger partial charge < -0.3 is 10.2 Å². The van der Waals surface area contributed by atoms with E-state index in [0.717, 1.165) is 48.7 Å². The molecule has 3 rings (SSSR count). The molecular weight excluding hydrogens is 366 g/mol. The molecule has 26 heavy (non-hydrogen) atoms. The minimum absolute atomic E-state index is 0.0266. The van der Waals surface area contributed by atoms with Crippen LogP contribution in [0.3, 0.4) is 0 Å². The van der Waals surface area contributed by atoms with Crippen molar-refractivity contribution in [2.75, 3.05) is 45.5 Å². The fraction of sp³-hybridized carbons (Fsp3) is 0.368. The van der Waals surface area contributed by atoms with Gasteiger partial charge in [-0.05, 0) is 29.8 Å². The van der Waals surface area contributed by atoms with Crippen LogP contribution < -0.4 is 5.32 Å². The van der Waals surface area contributed by atoms with Crippen LogP contribution in [0.2, 0.25) is 0 Å². The number of piperazine rings is 1. The van der Waals surface area contributed by atoms with E-state index in [1.54, 1.807) is 23.1 Å². The molecule has 1 aromatic heterocycles. The largest absolute Gasteiger partial charge is 0.351 e. The summed E-state index contributed by atoms with van der Waals surface area (Å²) in [7, 11) is 0. The highest BCUT2D eigenvalue weighted by molar-refractivity contribution is 7.98. The van der Waals surface area contributed by atoms with Gasteiger partial charge in [-0.3, -0.25) is 14.5 Å². The van der Waals surface area contributed by atoms with Crippen molar-refractivity contribution in [3.8, 4) is 0 Å². The molecule has 0 bridgehead atoms. The lowest BCUT2D eigenvalue weighted by Gasteiger charge is -2.34. The molecule has 1 fully saturated rings. The molecule has 0 saturated carbocycles. The Morgan fingerprint density at radius 1 is 1.15 bits per heavy atom. The average Bonchev–Trinajstić information content (AvgIpc) is 3.22. The highest BCUT2D eigenvalue weighted by Gasteiger charge is 2.22. The quantitative estimate of drug-likeness (QED) is 0.772. The summed E-state index contributed by atoms with van der Waals surface area (Å²) in [5.41, 5.74) is 1.51. The third-order valence-electron chi connectivity index (χ3n) is 4.49. The Bertz CT molecular complexity index is 741. The number of thiophene rings is 1. The highest BCUT2D eigenvalue weighted by atomic mass is 32.2. The fourth-order valence-corrected chi connectivity index (χ4v) is 4.22. The summed E-state index contributed by atoms with van der Waals surface area (Å²) in [6.07, 6.45) is 1.98. The number of carbonyl (C=O) groups excluding carboxylic acids is 2. The number of benzene rings is 1. The van der Waals surface area contributed by atoms with Gasteiger partial charge in [0.1, 0.15) is 0 Å². The van der Waals surface area contributed by atoms with Crippen LogP contribution in [0.1, 0.15) is 20.7 Å². The van der Waals surface area contributed by atoms with E-state index in [2.05, 4.69) is 10.2 Å². The molecule has 0 unspecified atom stereocenters. The predicted octanol–water partition coefficient (Wildman–Crippen LogP) is 2.66. The molecule has 1 aliphatic rings. The van der Waals surface area contributed by atoms with E-state index in [9.17, 15) is 9.59 Å². The molecule has 1 aromatic carbocycles. The number of rotatable bonds is 6. The van der Waals surface area contributed by atoms with Crippen molar-refractivity contribution < 1.29 is 9.59 Å². The summed E-state index contributed by atoms with van der Waals surface area (Å²) in [5.74, 6) is 0.0918. The summed E-state index contributed by atoms with van der Waals surface area (Å²) in [6, 6.07) is 9.53. The number of nitrogens with one attached hydrogen (secondary N) is 1. The second-order valence-electron chi connectivity index (χ2n) is 6.10. The third kappa shape index (κ3) is 4.66. The molecule has 0 aliphatic carbocycles. The molecule has 138 valence electrons. The Labute approximate surface area is 162 Å². The van der Waals surface area contributed by atoms with Gasteiger partial charge in [-0.25, -0.2) is 0 Å². The SMILES string of the molecule is CSc1ccccc1C(=O)NCCN1CCN(C(=O)c2ccsc2)CC1. The van der Waals surface area contributed by atoms with Gasteiger partial charge in [0.2, 0.25) is 0 Å². The van der Waals surface area contributed by atoms with Crippen molar-refractivity contribution in [3.63, 3.8) is 0 Å². The zero-order valence-corrected chi connectivity index (χ0v) is 16.4. The Balaban J connectivity index is 1.41. The van der Waals surface area contributed by atoms with Crippen LogP contribution in [0.5, 0.6) is 0 Å². The number of nitrogens with zero attached hydrogens (tertiary/aromatic N) is 2. The monoisotopic (exact) mass is 389 g/mol. The first-order valence-electron chi connectivity index (χ1n) is 8.64. The van der Waals surface area contributed by atoms with Gasteiger partial charge in [-0.1, -0.05) is 12.1 Å². The molecule has 0 radical (unpaired) electrons. The second kappa shape index (κ2) is 9.21. The van der Waals surface area contributed by atoms with Crippen molar-refractivity contribution in [1.82, 2.24) is 15.1 Å². The Hall–Kier alpha value is -1.83.